The summed E-state index contributed by atoms with van der Waals surface area (Å²) in [5.74, 6) is -0.0313. The number of oxime groups is 1. The molecule has 1 amide bonds. The van der Waals surface area contributed by atoms with Crippen LogP contribution in [0.1, 0.15) is 33.3 Å². The fraction of sp³-hybridized carbons (Fsp3) is 0.500. The van der Waals surface area contributed by atoms with Gasteiger partial charge in [-0.3, -0.25) is 4.79 Å². The van der Waals surface area contributed by atoms with E-state index in [4.69, 9.17) is 4.84 Å². The molecule has 0 bridgehead atoms. The van der Waals surface area contributed by atoms with E-state index in [1.165, 1.54) is 0 Å². The molecule has 4 nitrogen and oxygen atoms in total. The summed E-state index contributed by atoms with van der Waals surface area (Å²) in [6.07, 6.45) is 0. The lowest BCUT2D eigenvalue weighted by Crippen LogP contribution is -2.57. The Bertz CT molecular complexity index is 588. The van der Waals surface area contributed by atoms with Crippen molar-refractivity contribution in [2.75, 3.05) is 11.2 Å². The largest absolute Gasteiger partial charge is 0.395 e. The molecule has 2 rings (SSSR count). The Kier molecular flexibility index (Phi) is 3.97. The normalized spacial score (nSPS) is 17.3. The van der Waals surface area contributed by atoms with Crippen LogP contribution in [0.2, 0.25) is 18.1 Å². The van der Waals surface area contributed by atoms with E-state index in [1.54, 1.807) is 0 Å². The van der Waals surface area contributed by atoms with E-state index < -0.39 is 8.24 Å². The Balaban J connectivity index is 2.58. The number of fused-ring (bicyclic) bond motifs is 1. The van der Waals surface area contributed by atoms with Gasteiger partial charge in [-0.2, -0.15) is 0 Å². The summed E-state index contributed by atoms with van der Waals surface area (Å²) in [4.78, 5) is 18.1. The number of benzene rings is 1. The molecule has 0 atom stereocenters. The van der Waals surface area contributed by atoms with Gasteiger partial charge in [0.25, 0.3) is 5.91 Å². The monoisotopic (exact) mass is 304 g/mol. The first-order valence-corrected chi connectivity index (χ1v) is 10.3. The van der Waals surface area contributed by atoms with E-state index >= 15 is 0 Å². The van der Waals surface area contributed by atoms with Crippen molar-refractivity contribution in [3.8, 4) is 0 Å². The summed E-state index contributed by atoms with van der Waals surface area (Å²) in [5, 5.41) is 4.12. The zero-order chi connectivity index (χ0) is 15.8. The van der Waals surface area contributed by atoms with Gasteiger partial charge in [-0.15, -0.1) is 0 Å². The fourth-order valence-electron chi connectivity index (χ4n) is 2.31. The number of nitrogens with zero attached hydrogens (tertiary/aromatic N) is 2. The van der Waals surface area contributed by atoms with Gasteiger partial charge in [0.1, 0.15) is 6.61 Å². The van der Waals surface area contributed by atoms with Gasteiger partial charge in [-0.05, 0) is 18.0 Å². The zero-order valence-electron chi connectivity index (χ0n) is 13.7. The number of carbonyl (C=O) groups excluding carboxylic acids is 1. The number of carbonyl (C=O) groups is 1. The van der Waals surface area contributed by atoms with Crippen molar-refractivity contribution in [3.05, 3.63) is 29.8 Å². The molecule has 1 heterocycles. The number of hydrogen-bond donors (Lipinski definition) is 0. The van der Waals surface area contributed by atoms with E-state index in [0.29, 0.717) is 12.3 Å². The van der Waals surface area contributed by atoms with Crippen LogP contribution in [0.25, 0.3) is 0 Å². The standard InChI is InChI=1S/C16H24N2O2Si/c1-7-20-17-14-12-10-8-9-11-13(12)18(15(14)19)21(5,6)16(2,3)4/h8-11H,7H2,1-6H3/b17-14+. The second-order valence-corrected chi connectivity index (χ2v) is 11.9. The van der Waals surface area contributed by atoms with E-state index in [9.17, 15) is 4.79 Å². The minimum atomic E-state index is -2.02. The average molecular weight is 304 g/mol. The molecule has 0 saturated carbocycles. The fourth-order valence-corrected chi connectivity index (χ4v) is 4.39. The van der Waals surface area contributed by atoms with E-state index in [2.05, 4.69) is 39.0 Å². The minimum absolute atomic E-state index is 0.0313. The van der Waals surface area contributed by atoms with Crippen LogP contribution >= 0.6 is 0 Å². The first-order valence-electron chi connectivity index (χ1n) is 7.35. The Hall–Kier alpha value is -1.62. The molecule has 0 aromatic heterocycles. The maximum absolute atomic E-state index is 12.9. The predicted molar refractivity (Wildman–Crippen MR) is 89.3 cm³/mol. The molecule has 0 radical (unpaired) electrons. The van der Waals surface area contributed by atoms with Crippen LogP contribution < -0.4 is 4.57 Å². The minimum Gasteiger partial charge on any atom is -0.395 e. The molecule has 1 aliphatic rings. The molecule has 0 fully saturated rings. The lowest BCUT2D eigenvalue weighted by Gasteiger charge is -2.43. The number of anilines is 1. The van der Waals surface area contributed by atoms with Gasteiger partial charge in [0, 0.05) is 11.3 Å². The number of rotatable bonds is 3. The molecule has 1 aromatic rings. The number of amides is 1. The summed E-state index contributed by atoms with van der Waals surface area (Å²) in [7, 11) is -2.02. The van der Waals surface area contributed by atoms with Crippen molar-refractivity contribution in [1.82, 2.24) is 0 Å². The summed E-state index contributed by atoms with van der Waals surface area (Å²) >= 11 is 0. The molecule has 1 aliphatic heterocycles. The molecule has 21 heavy (non-hydrogen) atoms. The highest BCUT2D eigenvalue weighted by atomic mass is 28.3. The molecule has 1 aromatic carbocycles. The molecular weight excluding hydrogens is 280 g/mol. The molecule has 0 spiro atoms. The third kappa shape index (κ3) is 2.50. The highest BCUT2D eigenvalue weighted by Gasteiger charge is 2.49. The Morgan fingerprint density at radius 2 is 1.86 bits per heavy atom. The lowest BCUT2D eigenvalue weighted by molar-refractivity contribution is -0.111. The summed E-state index contributed by atoms with van der Waals surface area (Å²) in [6.45, 7) is 13.4. The summed E-state index contributed by atoms with van der Waals surface area (Å²) < 4.78 is 1.99. The van der Waals surface area contributed by atoms with Crippen LogP contribution in [0.3, 0.4) is 0 Å². The van der Waals surface area contributed by atoms with Crippen molar-refractivity contribution in [3.63, 3.8) is 0 Å². The van der Waals surface area contributed by atoms with Crippen LogP contribution in [0.4, 0.5) is 5.69 Å². The second-order valence-electron chi connectivity index (χ2n) is 6.82. The summed E-state index contributed by atoms with van der Waals surface area (Å²) in [5.41, 5.74) is 2.27. The molecule has 0 N–H and O–H groups in total. The maximum Gasteiger partial charge on any atom is 0.273 e. The first-order chi connectivity index (χ1) is 9.71. The summed E-state index contributed by atoms with van der Waals surface area (Å²) in [6, 6.07) is 7.85. The van der Waals surface area contributed by atoms with E-state index in [-0.39, 0.29) is 10.9 Å². The average Bonchev–Trinajstić information content (AvgIpc) is 2.67. The van der Waals surface area contributed by atoms with Crippen LogP contribution in [0.5, 0.6) is 0 Å². The molecule has 0 unspecified atom stereocenters. The first kappa shape index (κ1) is 15.8. The van der Waals surface area contributed by atoms with Gasteiger partial charge in [0.15, 0.2) is 13.9 Å². The van der Waals surface area contributed by atoms with Crippen LogP contribution in [-0.4, -0.2) is 26.5 Å². The van der Waals surface area contributed by atoms with Crippen LogP contribution in [-0.2, 0) is 9.63 Å². The van der Waals surface area contributed by atoms with Gasteiger partial charge in [-0.25, -0.2) is 0 Å². The van der Waals surface area contributed by atoms with E-state index in [1.807, 2.05) is 35.8 Å². The Morgan fingerprint density at radius 1 is 1.24 bits per heavy atom. The molecule has 5 heteroatoms. The van der Waals surface area contributed by atoms with Gasteiger partial charge in [0.05, 0.1) is 0 Å². The van der Waals surface area contributed by atoms with Gasteiger partial charge in [0.2, 0.25) is 0 Å². The highest BCUT2D eigenvalue weighted by molar-refractivity contribution is 6.90. The van der Waals surface area contributed by atoms with Crippen molar-refractivity contribution in [1.29, 1.82) is 0 Å². The highest BCUT2D eigenvalue weighted by Crippen LogP contribution is 2.44. The maximum atomic E-state index is 12.9. The smallest absolute Gasteiger partial charge is 0.273 e. The SMILES string of the molecule is CCO/N=C1/C(=O)N([Si](C)(C)C(C)(C)C)c2ccccc21. The van der Waals surface area contributed by atoms with Gasteiger partial charge in [-0.1, -0.05) is 57.2 Å². The third-order valence-corrected chi connectivity index (χ3v) is 9.72. The molecule has 0 aliphatic carbocycles. The Labute approximate surface area is 127 Å². The van der Waals surface area contributed by atoms with E-state index in [0.717, 1.165) is 11.3 Å². The van der Waals surface area contributed by atoms with Crippen LogP contribution in [0, 0.1) is 0 Å². The van der Waals surface area contributed by atoms with Gasteiger partial charge >= 0.3 is 0 Å². The lowest BCUT2D eigenvalue weighted by atomic mass is 10.1. The topological polar surface area (TPSA) is 41.9 Å². The molecule has 0 saturated heterocycles. The quantitative estimate of drug-likeness (QED) is 0.630. The van der Waals surface area contributed by atoms with Crippen LogP contribution in [0.15, 0.2) is 29.4 Å². The van der Waals surface area contributed by atoms with Gasteiger partial charge < -0.3 is 9.40 Å². The third-order valence-electron chi connectivity index (χ3n) is 4.49. The zero-order valence-corrected chi connectivity index (χ0v) is 14.7. The van der Waals surface area contributed by atoms with Crippen molar-refractivity contribution in [2.24, 2.45) is 5.16 Å². The molecule has 114 valence electrons. The number of para-hydroxylation sites is 1. The molecular formula is C16H24N2O2Si. The van der Waals surface area contributed by atoms with Crippen molar-refractivity contribution < 1.29 is 9.63 Å². The number of hydrogen-bond acceptors (Lipinski definition) is 3. The second kappa shape index (κ2) is 5.29. The van der Waals surface area contributed by atoms with Crippen molar-refractivity contribution in [2.45, 2.75) is 45.8 Å². The predicted octanol–water partition coefficient (Wildman–Crippen LogP) is 3.78. The Morgan fingerprint density at radius 3 is 2.43 bits per heavy atom. The van der Waals surface area contributed by atoms with Crippen molar-refractivity contribution >= 4 is 25.5 Å².